The highest BCUT2D eigenvalue weighted by molar-refractivity contribution is 9.10. The zero-order chi connectivity index (χ0) is 15.0. The monoisotopic (exact) mass is 347 g/mol. The van der Waals surface area contributed by atoms with E-state index in [0.717, 1.165) is 11.1 Å². The van der Waals surface area contributed by atoms with Gasteiger partial charge in [-0.05, 0) is 39.7 Å². The van der Waals surface area contributed by atoms with E-state index in [1.807, 2.05) is 22.8 Å². The number of hydrogen-bond donors (Lipinski definition) is 1. The van der Waals surface area contributed by atoms with E-state index in [1.165, 1.54) is 6.07 Å². The summed E-state index contributed by atoms with van der Waals surface area (Å²) >= 11 is 3.16. The Morgan fingerprint density at radius 2 is 2.00 bits per heavy atom. The second-order valence-corrected chi connectivity index (χ2v) is 5.60. The maximum absolute atomic E-state index is 13.3. The molecule has 0 atom stereocenters. The summed E-state index contributed by atoms with van der Waals surface area (Å²) in [5, 5.41) is 9.97. The lowest BCUT2D eigenvalue weighted by Crippen LogP contribution is -1.99. The quantitative estimate of drug-likeness (QED) is 0.767. The molecule has 3 nitrogen and oxygen atoms in total. The van der Waals surface area contributed by atoms with Gasteiger partial charge < -0.3 is 9.67 Å². The van der Waals surface area contributed by atoms with Gasteiger partial charge in [0.05, 0.1) is 10.0 Å². The SMILES string of the molecule is O=C(O)c1cn(Cc2ccc(F)c(Br)c2)c2ccccc12. The molecule has 3 aromatic rings. The van der Waals surface area contributed by atoms with Gasteiger partial charge in [0.15, 0.2) is 0 Å². The van der Waals surface area contributed by atoms with E-state index < -0.39 is 5.97 Å². The molecule has 5 heteroatoms. The third-order valence-corrected chi connectivity index (χ3v) is 3.96. The lowest BCUT2D eigenvalue weighted by atomic mass is 10.2. The number of rotatable bonds is 3. The molecule has 2 aromatic carbocycles. The van der Waals surface area contributed by atoms with Crippen molar-refractivity contribution in [3.8, 4) is 0 Å². The number of para-hydroxylation sites is 1. The molecule has 0 unspecified atom stereocenters. The standard InChI is InChI=1S/C16H11BrFNO2/c17-13-7-10(5-6-14(13)18)8-19-9-12(16(20)21)11-3-1-2-4-15(11)19/h1-7,9H,8H2,(H,20,21). The summed E-state index contributed by atoms with van der Waals surface area (Å²) in [5.41, 5.74) is 2.00. The van der Waals surface area contributed by atoms with Crippen LogP contribution in [0.25, 0.3) is 10.9 Å². The Morgan fingerprint density at radius 1 is 1.24 bits per heavy atom. The van der Waals surface area contributed by atoms with Gasteiger partial charge in [-0.2, -0.15) is 0 Å². The second kappa shape index (κ2) is 5.33. The molecule has 0 radical (unpaired) electrons. The van der Waals surface area contributed by atoms with Crippen molar-refractivity contribution in [2.45, 2.75) is 6.54 Å². The van der Waals surface area contributed by atoms with Crippen LogP contribution in [0.3, 0.4) is 0 Å². The van der Waals surface area contributed by atoms with Gasteiger partial charge in [-0.25, -0.2) is 9.18 Å². The van der Waals surface area contributed by atoms with Crippen LogP contribution in [0.1, 0.15) is 15.9 Å². The van der Waals surface area contributed by atoms with Crippen LogP contribution in [-0.4, -0.2) is 15.6 Å². The first-order valence-electron chi connectivity index (χ1n) is 6.31. The Labute approximate surface area is 128 Å². The number of hydrogen-bond acceptors (Lipinski definition) is 1. The molecule has 21 heavy (non-hydrogen) atoms. The van der Waals surface area contributed by atoms with Crippen LogP contribution in [0, 0.1) is 5.82 Å². The van der Waals surface area contributed by atoms with Crippen LogP contribution < -0.4 is 0 Å². The van der Waals surface area contributed by atoms with Gasteiger partial charge in [0.25, 0.3) is 0 Å². The Hall–Kier alpha value is -2.14. The average Bonchev–Trinajstić information content (AvgIpc) is 2.82. The summed E-state index contributed by atoms with van der Waals surface area (Å²) in [4.78, 5) is 11.3. The molecule has 0 spiro atoms. The minimum atomic E-state index is -0.953. The fraction of sp³-hybridized carbons (Fsp3) is 0.0625. The van der Waals surface area contributed by atoms with Crippen molar-refractivity contribution in [2.75, 3.05) is 0 Å². The average molecular weight is 348 g/mol. The first-order valence-corrected chi connectivity index (χ1v) is 7.10. The van der Waals surface area contributed by atoms with Crippen molar-refractivity contribution >= 4 is 32.8 Å². The topological polar surface area (TPSA) is 42.2 Å². The molecule has 0 amide bonds. The van der Waals surface area contributed by atoms with Crippen LogP contribution >= 0.6 is 15.9 Å². The van der Waals surface area contributed by atoms with Crippen molar-refractivity contribution < 1.29 is 14.3 Å². The number of carbonyl (C=O) groups is 1. The number of carboxylic acids is 1. The molecule has 0 fully saturated rings. The van der Waals surface area contributed by atoms with Crippen LogP contribution in [0.15, 0.2) is 53.1 Å². The van der Waals surface area contributed by atoms with Gasteiger partial charge in [0.2, 0.25) is 0 Å². The number of aromatic nitrogens is 1. The maximum atomic E-state index is 13.3. The Kier molecular flexibility index (Phi) is 3.51. The van der Waals surface area contributed by atoms with Gasteiger partial charge in [0.1, 0.15) is 5.82 Å². The number of benzene rings is 2. The van der Waals surface area contributed by atoms with E-state index >= 15 is 0 Å². The van der Waals surface area contributed by atoms with Crippen molar-refractivity contribution in [3.05, 3.63) is 70.1 Å². The molecule has 1 aromatic heterocycles. The van der Waals surface area contributed by atoms with Crippen LogP contribution in [-0.2, 0) is 6.54 Å². The Balaban J connectivity index is 2.08. The third kappa shape index (κ3) is 2.56. The van der Waals surface area contributed by atoms with Gasteiger partial charge in [-0.1, -0.05) is 24.3 Å². The molecule has 106 valence electrons. The molecule has 0 aliphatic carbocycles. The fourth-order valence-electron chi connectivity index (χ4n) is 2.38. The minimum Gasteiger partial charge on any atom is -0.478 e. The summed E-state index contributed by atoms with van der Waals surface area (Å²) in [7, 11) is 0. The first kappa shape index (κ1) is 13.8. The smallest absolute Gasteiger partial charge is 0.337 e. The number of halogens is 2. The summed E-state index contributed by atoms with van der Waals surface area (Å²) in [6.07, 6.45) is 1.62. The van der Waals surface area contributed by atoms with Crippen molar-refractivity contribution in [1.82, 2.24) is 4.57 Å². The highest BCUT2D eigenvalue weighted by Crippen LogP contribution is 2.24. The van der Waals surface area contributed by atoms with Gasteiger partial charge in [-0.3, -0.25) is 0 Å². The summed E-state index contributed by atoms with van der Waals surface area (Å²) in [6, 6.07) is 12.1. The van der Waals surface area contributed by atoms with Crippen LogP contribution in [0.2, 0.25) is 0 Å². The highest BCUT2D eigenvalue weighted by atomic mass is 79.9. The molecule has 0 saturated carbocycles. The number of aromatic carboxylic acids is 1. The molecule has 3 rings (SSSR count). The minimum absolute atomic E-state index is 0.270. The number of carboxylic acid groups (broad SMARTS) is 1. The Morgan fingerprint density at radius 3 is 2.71 bits per heavy atom. The van der Waals surface area contributed by atoms with E-state index in [-0.39, 0.29) is 11.4 Å². The van der Waals surface area contributed by atoms with E-state index in [4.69, 9.17) is 0 Å². The predicted molar refractivity (Wildman–Crippen MR) is 82.1 cm³/mol. The van der Waals surface area contributed by atoms with E-state index in [1.54, 1.807) is 24.4 Å². The number of nitrogens with zero attached hydrogens (tertiary/aromatic N) is 1. The fourth-order valence-corrected chi connectivity index (χ4v) is 2.81. The predicted octanol–water partition coefficient (Wildman–Crippen LogP) is 4.29. The maximum Gasteiger partial charge on any atom is 0.337 e. The van der Waals surface area contributed by atoms with Crippen LogP contribution in [0.5, 0.6) is 0 Å². The molecule has 1 N–H and O–H groups in total. The van der Waals surface area contributed by atoms with Gasteiger partial charge in [0, 0.05) is 23.6 Å². The summed E-state index contributed by atoms with van der Waals surface area (Å²) in [6.45, 7) is 0.479. The van der Waals surface area contributed by atoms with Crippen molar-refractivity contribution in [2.24, 2.45) is 0 Å². The van der Waals surface area contributed by atoms with Crippen molar-refractivity contribution in [1.29, 1.82) is 0 Å². The molecule has 0 aliphatic heterocycles. The molecule has 0 saturated heterocycles. The zero-order valence-electron chi connectivity index (χ0n) is 10.9. The zero-order valence-corrected chi connectivity index (χ0v) is 12.5. The molecule has 0 aliphatic rings. The van der Waals surface area contributed by atoms with E-state index in [2.05, 4.69) is 15.9 Å². The number of fused-ring (bicyclic) bond motifs is 1. The second-order valence-electron chi connectivity index (χ2n) is 4.74. The molecule has 1 heterocycles. The largest absolute Gasteiger partial charge is 0.478 e. The Bertz CT molecular complexity index is 841. The van der Waals surface area contributed by atoms with E-state index in [0.29, 0.717) is 16.4 Å². The molecule has 0 bridgehead atoms. The van der Waals surface area contributed by atoms with Gasteiger partial charge >= 0.3 is 5.97 Å². The van der Waals surface area contributed by atoms with Crippen molar-refractivity contribution in [3.63, 3.8) is 0 Å². The molecular weight excluding hydrogens is 337 g/mol. The summed E-state index contributed by atoms with van der Waals surface area (Å²) < 4.78 is 15.5. The first-order chi connectivity index (χ1) is 10.1. The van der Waals surface area contributed by atoms with E-state index in [9.17, 15) is 14.3 Å². The summed E-state index contributed by atoms with van der Waals surface area (Å²) in [5.74, 6) is -1.27. The third-order valence-electron chi connectivity index (χ3n) is 3.36. The normalized spacial score (nSPS) is 11.0. The lowest BCUT2D eigenvalue weighted by molar-refractivity contribution is 0.0699. The lowest BCUT2D eigenvalue weighted by Gasteiger charge is -2.06. The molecular formula is C16H11BrFNO2. The highest BCUT2D eigenvalue weighted by Gasteiger charge is 2.13. The van der Waals surface area contributed by atoms with Crippen LogP contribution in [0.4, 0.5) is 4.39 Å². The van der Waals surface area contributed by atoms with Gasteiger partial charge in [-0.15, -0.1) is 0 Å².